The van der Waals surface area contributed by atoms with Crippen molar-refractivity contribution in [2.45, 2.75) is 24.6 Å². The minimum Gasteiger partial charge on any atom is -0.339 e. The molecule has 1 heterocycles. The summed E-state index contributed by atoms with van der Waals surface area (Å²) in [5.74, 6) is 0.540. The zero-order chi connectivity index (χ0) is 21.3. The van der Waals surface area contributed by atoms with E-state index in [2.05, 4.69) is 17.3 Å². The summed E-state index contributed by atoms with van der Waals surface area (Å²) in [5.41, 5.74) is 2.21. The zero-order valence-corrected chi connectivity index (χ0v) is 17.0. The number of carbonyl (C=O) groups excluding carboxylic acids is 1. The van der Waals surface area contributed by atoms with Crippen molar-refractivity contribution in [1.29, 1.82) is 0 Å². The highest BCUT2D eigenvalue weighted by atomic mass is 19.4. The van der Waals surface area contributed by atoms with E-state index in [-0.39, 0.29) is 5.91 Å². The second kappa shape index (κ2) is 8.40. The maximum absolute atomic E-state index is 12.7. The highest BCUT2D eigenvalue weighted by molar-refractivity contribution is 5.78. The van der Waals surface area contributed by atoms with E-state index in [1.54, 1.807) is 0 Å². The van der Waals surface area contributed by atoms with E-state index < -0.39 is 11.7 Å². The van der Waals surface area contributed by atoms with Gasteiger partial charge < -0.3 is 15.1 Å². The summed E-state index contributed by atoms with van der Waals surface area (Å²) in [6, 6.07) is 13.5. The van der Waals surface area contributed by atoms with Crippen LogP contribution in [0.3, 0.4) is 0 Å². The van der Waals surface area contributed by atoms with Gasteiger partial charge in [-0.05, 0) is 42.3 Å². The first kappa shape index (κ1) is 20.9. The molecule has 0 spiro atoms. The Morgan fingerprint density at radius 1 is 0.967 bits per heavy atom. The van der Waals surface area contributed by atoms with Gasteiger partial charge in [-0.2, -0.15) is 13.2 Å². The van der Waals surface area contributed by atoms with Crippen molar-refractivity contribution < 1.29 is 18.0 Å². The molecule has 4 rings (SSSR count). The molecular formula is C23H26F3N3O. The lowest BCUT2D eigenvalue weighted by molar-refractivity contribution is -0.137. The predicted molar refractivity (Wildman–Crippen MR) is 110 cm³/mol. The minimum absolute atomic E-state index is 0.159. The lowest BCUT2D eigenvalue weighted by atomic mass is 10.0. The number of benzene rings is 2. The molecule has 1 N–H and O–H groups in total. The van der Waals surface area contributed by atoms with E-state index >= 15 is 0 Å². The second-order valence-electron chi connectivity index (χ2n) is 8.21. The molecule has 0 aromatic heterocycles. The minimum atomic E-state index is -4.32. The summed E-state index contributed by atoms with van der Waals surface area (Å²) in [5, 5.41) is 3.37. The highest BCUT2D eigenvalue weighted by Crippen LogP contribution is 2.41. The SMILES string of the molecule is CN1CCN(C(=O)CN[C@@H]2C[C@H]2c2ccc(-c3ccc(C(F)(F)F)cc3)cc2)CC1. The summed E-state index contributed by atoms with van der Waals surface area (Å²) in [6.07, 6.45) is -3.32. The van der Waals surface area contributed by atoms with Gasteiger partial charge in [0.25, 0.3) is 0 Å². The Hall–Kier alpha value is -2.38. The van der Waals surface area contributed by atoms with Crippen LogP contribution in [0.2, 0.25) is 0 Å². The van der Waals surface area contributed by atoms with E-state index in [0.29, 0.717) is 18.5 Å². The maximum atomic E-state index is 12.7. The van der Waals surface area contributed by atoms with Gasteiger partial charge in [-0.3, -0.25) is 4.79 Å². The third-order valence-electron chi connectivity index (χ3n) is 6.05. The van der Waals surface area contributed by atoms with Crippen LogP contribution >= 0.6 is 0 Å². The largest absolute Gasteiger partial charge is 0.416 e. The van der Waals surface area contributed by atoms with Gasteiger partial charge in [0.15, 0.2) is 0 Å². The molecule has 1 saturated heterocycles. The van der Waals surface area contributed by atoms with Gasteiger partial charge in [0.1, 0.15) is 0 Å². The zero-order valence-electron chi connectivity index (χ0n) is 17.0. The van der Waals surface area contributed by atoms with Crippen molar-refractivity contribution in [3.05, 3.63) is 59.7 Å². The van der Waals surface area contributed by atoms with Crippen LogP contribution < -0.4 is 5.32 Å². The average Bonchev–Trinajstić information content (AvgIpc) is 3.52. The molecule has 2 aromatic rings. The molecule has 2 aromatic carbocycles. The Balaban J connectivity index is 1.28. The Kier molecular flexibility index (Phi) is 5.84. The number of nitrogens with zero attached hydrogens (tertiary/aromatic N) is 2. The lowest BCUT2D eigenvalue weighted by Crippen LogP contribution is -2.49. The molecule has 30 heavy (non-hydrogen) atoms. The van der Waals surface area contributed by atoms with Crippen molar-refractivity contribution in [2.24, 2.45) is 0 Å². The van der Waals surface area contributed by atoms with Crippen molar-refractivity contribution in [1.82, 2.24) is 15.1 Å². The summed E-state index contributed by atoms with van der Waals surface area (Å²) < 4.78 is 38.1. The van der Waals surface area contributed by atoms with E-state index in [4.69, 9.17) is 0 Å². The summed E-state index contributed by atoms with van der Waals surface area (Å²) in [7, 11) is 2.07. The molecule has 2 aliphatic rings. The van der Waals surface area contributed by atoms with Crippen LogP contribution in [-0.4, -0.2) is 61.5 Å². The molecule has 1 aliphatic heterocycles. The molecule has 0 unspecified atom stereocenters. The Morgan fingerprint density at radius 2 is 1.53 bits per heavy atom. The van der Waals surface area contributed by atoms with Crippen LogP contribution in [-0.2, 0) is 11.0 Å². The average molecular weight is 417 g/mol. The maximum Gasteiger partial charge on any atom is 0.416 e. The molecular weight excluding hydrogens is 391 g/mol. The number of amides is 1. The van der Waals surface area contributed by atoms with Crippen LogP contribution in [0.15, 0.2) is 48.5 Å². The fourth-order valence-corrected chi connectivity index (χ4v) is 3.95. The van der Waals surface area contributed by atoms with E-state index in [9.17, 15) is 18.0 Å². The first-order valence-electron chi connectivity index (χ1n) is 10.3. The molecule has 160 valence electrons. The lowest BCUT2D eigenvalue weighted by Gasteiger charge is -2.32. The van der Waals surface area contributed by atoms with Crippen molar-refractivity contribution in [3.8, 4) is 11.1 Å². The van der Waals surface area contributed by atoms with E-state index in [1.165, 1.54) is 17.7 Å². The van der Waals surface area contributed by atoms with Gasteiger partial charge in [0, 0.05) is 38.1 Å². The van der Waals surface area contributed by atoms with Gasteiger partial charge >= 0.3 is 6.18 Å². The van der Waals surface area contributed by atoms with Crippen molar-refractivity contribution >= 4 is 5.91 Å². The number of nitrogens with one attached hydrogen (secondary N) is 1. The molecule has 2 atom stereocenters. The topological polar surface area (TPSA) is 35.6 Å². The van der Waals surface area contributed by atoms with Crippen LogP contribution in [0, 0.1) is 0 Å². The Labute approximate surface area is 174 Å². The van der Waals surface area contributed by atoms with Crippen molar-refractivity contribution in [2.75, 3.05) is 39.8 Å². The Bertz CT molecular complexity index is 872. The van der Waals surface area contributed by atoms with E-state index in [1.807, 2.05) is 29.2 Å². The number of likely N-dealkylation sites (N-methyl/N-ethyl adjacent to an activating group) is 1. The number of piperazine rings is 1. The molecule has 1 amide bonds. The fraction of sp³-hybridized carbons (Fsp3) is 0.435. The molecule has 0 radical (unpaired) electrons. The van der Waals surface area contributed by atoms with Gasteiger partial charge in [-0.15, -0.1) is 0 Å². The third-order valence-corrected chi connectivity index (χ3v) is 6.05. The predicted octanol–water partition coefficient (Wildman–Crippen LogP) is 3.59. The summed E-state index contributed by atoms with van der Waals surface area (Å²) in [4.78, 5) is 16.5. The number of hydrogen-bond acceptors (Lipinski definition) is 3. The van der Waals surface area contributed by atoms with Gasteiger partial charge in [0.2, 0.25) is 5.91 Å². The highest BCUT2D eigenvalue weighted by Gasteiger charge is 2.38. The first-order valence-corrected chi connectivity index (χ1v) is 10.3. The number of alkyl halides is 3. The summed E-state index contributed by atoms with van der Waals surface area (Å²) in [6.45, 7) is 3.79. The normalized spacial score (nSPS) is 22.2. The Morgan fingerprint density at radius 3 is 2.10 bits per heavy atom. The molecule has 1 aliphatic carbocycles. The van der Waals surface area contributed by atoms with Crippen LogP contribution in [0.1, 0.15) is 23.5 Å². The van der Waals surface area contributed by atoms with E-state index in [0.717, 1.165) is 55.9 Å². The molecule has 1 saturated carbocycles. The van der Waals surface area contributed by atoms with Gasteiger partial charge in [-0.25, -0.2) is 0 Å². The molecule has 2 fully saturated rings. The van der Waals surface area contributed by atoms with Crippen LogP contribution in [0.4, 0.5) is 13.2 Å². The third kappa shape index (κ3) is 4.84. The van der Waals surface area contributed by atoms with Crippen LogP contribution in [0.5, 0.6) is 0 Å². The molecule has 4 nitrogen and oxygen atoms in total. The number of rotatable bonds is 5. The summed E-state index contributed by atoms with van der Waals surface area (Å²) >= 11 is 0. The molecule has 7 heteroatoms. The number of carbonyl (C=O) groups is 1. The quantitative estimate of drug-likeness (QED) is 0.808. The fourth-order valence-electron chi connectivity index (χ4n) is 3.95. The van der Waals surface area contributed by atoms with Gasteiger partial charge in [-0.1, -0.05) is 36.4 Å². The number of halogens is 3. The van der Waals surface area contributed by atoms with Crippen LogP contribution in [0.25, 0.3) is 11.1 Å². The second-order valence-corrected chi connectivity index (χ2v) is 8.21. The smallest absolute Gasteiger partial charge is 0.339 e. The van der Waals surface area contributed by atoms with Gasteiger partial charge in [0.05, 0.1) is 12.1 Å². The standard InChI is InChI=1S/C23H26F3N3O/c1-28-10-12-29(13-11-28)22(30)15-27-21-14-20(21)18-4-2-16(3-5-18)17-6-8-19(9-7-17)23(24,25)26/h2-9,20-21,27H,10-15H2,1H3/t20-,21+/m0/s1. The first-order chi connectivity index (χ1) is 14.3. The van der Waals surface area contributed by atoms with Crippen molar-refractivity contribution in [3.63, 3.8) is 0 Å². The monoisotopic (exact) mass is 417 g/mol. The molecule has 0 bridgehead atoms. The number of hydrogen-bond donors (Lipinski definition) is 1.